The molecule has 2 rings (SSSR count). The van der Waals surface area contributed by atoms with Crippen LogP contribution in [0.5, 0.6) is 0 Å². The summed E-state index contributed by atoms with van der Waals surface area (Å²) in [6, 6.07) is -0.186. The molecule has 6 nitrogen and oxygen atoms in total. The van der Waals surface area contributed by atoms with Crippen molar-refractivity contribution in [1.82, 2.24) is 14.7 Å². The van der Waals surface area contributed by atoms with Crippen molar-refractivity contribution in [1.29, 1.82) is 0 Å². The fourth-order valence-electron chi connectivity index (χ4n) is 3.21. The third-order valence-electron chi connectivity index (χ3n) is 4.83. The second-order valence-corrected chi connectivity index (χ2v) is 6.11. The van der Waals surface area contributed by atoms with Gasteiger partial charge in [-0.2, -0.15) is 0 Å². The van der Waals surface area contributed by atoms with Crippen molar-refractivity contribution in [2.75, 3.05) is 32.7 Å². The molecular weight excluding hydrogens is 270 g/mol. The Morgan fingerprint density at radius 1 is 1.14 bits per heavy atom. The minimum Gasteiger partial charge on any atom is -0.480 e. The van der Waals surface area contributed by atoms with Gasteiger partial charge in [0.25, 0.3) is 0 Å². The topological polar surface area (TPSA) is 64.1 Å². The van der Waals surface area contributed by atoms with Crippen LogP contribution in [-0.2, 0) is 4.79 Å². The van der Waals surface area contributed by atoms with Gasteiger partial charge in [-0.25, -0.2) is 9.59 Å². The molecule has 120 valence electrons. The average molecular weight is 297 g/mol. The molecule has 2 aliphatic heterocycles. The fraction of sp³-hybridized carbons (Fsp3) is 0.867. The molecule has 0 radical (unpaired) electrons. The number of likely N-dealkylation sites (tertiary alicyclic amines) is 1. The number of hydrogen-bond acceptors (Lipinski definition) is 3. The molecule has 21 heavy (non-hydrogen) atoms. The smallest absolute Gasteiger partial charge is 0.326 e. The summed E-state index contributed by atoms with van der Waals surface area (Å²) < 4.78 is 0. The Morgan fingerprint density at radius 3 is 2.38 bits per heavy atom. The quantitative estimate of drug-likeness (QED) is 0.856. The molecule has 0 saturated carbocycles. The molecule has 2 amide bonds. The van der Waals surface area contributed by atoms with Crippen LogP contribution >= 0.6 is 0 Å². The normalized spacial score (nSPS) is 25.7. The van der Waals surface area contributed by atoms with Crippen LogP contribution in [0.4, 0.5) is 4.79 Å². The fourth-order valence-corrected chi connectivity index (χ4v) is 3.21. The summed E-state index contributed by atoms with van der Waals surface area (Å²) in [4.78, 5) is 29.7. The van der Waals surface area contributed by atoms with E-state index in [1.807, 2.05) is 4.90 Å². The Balaban J connectivity index is 1.93. The van der Waals surface area contributed by atoms with Crippen molar-refractivity contribution in [3.8, 4) is 0 Å². The Kier molecular flexibility index (Phi) is 5.45. The van der Waals surface area contributed by atoms with Gasteiger partial charge in [0.05, 0.1) is 0 Å². The summed E-state index contributed by atoms with van der Waals surface area (Å²) >= 11 is 0. The second-order valence-electron chi connectivity index (χ2n) is 6.11. The molecule has 2 heterocycles. The van der Waals surface area contributed by atoms with Gasteiger partial charge >= 0.3 is 12.0 Å². The maximum absolute atomic E-state index is 12.6. The number of piperidine rings is 1. The van der Waals surface area contributed by atoms with Crippen molar-refractivity contribution < 1.29 is 14.7 Å². The molecule has 0 aromatic heterocycles. The molecule has 0 bridgehead atoms. The zero-order valence-electron chi connectivity index (χ0n) is 13.1. The first-order chi connectivity index (χ1) is 10.0. The standard InChI is InChI=1S/C15H27N3O3/c1-3-12(2)16-8-10-17(11-9-16)15(21)18-7-5-4-6-13(18)14(19)20/h12-13H,3-11H2,1-2H3,(H,19,20). The van der Waals surface area contributed by atoms with Gasteiger partial charge in [-0.15, -0.1) is 0 Å². The lowest BCUT2D eigenvalue weighted by molar-refractivity contribution is -0.143. The highest BCUT2D eigenvalue weighted by Crippen LogP contribution is 2.20. The minimum absolute atomic E-state index is 0.0918. The lowest BCUT2D eigenvalue weighted by Crippen LogP contribution is -2.58. The Hall–Kier alpha value is -1.30. The van der Waals surface area contributed by atoms with Crippen molar-refractivity contribution in [2.45, 2.75) is 51.6 Å². The molecule has 2 fully saturated rings. The molecule has 0 spiro atoms. The zero-order chi connectivity index (χ0) is 15.4. The van der Waals surface area contributed by atoms with Crippen molar-refractivity contribution >= 4 is 12.0 Å². The SMILES string of the molecule is CCC(C)N1CCN(C(=O)N2CCCCC2C(=O)O)CC1. The number of carbonyl (C=O) groups is 2. The van der Waals surface area contributed by atoms with Crippen LogP contribution in [0.15, 0.2) is 0 Å². The molecule has 2 unspecified atom stereocenters. The van der Waals surface area contributed by atoms with E-state index in [0.29, 0.717) is 32.1 Å². The first-order valence-electron chi connectivity index (χ1n) is 8.07. The van der Waals surface area contributed by atoms with Gasteiger partial charge in [0.1, 0.15) is 6.04 Å². The van der Waals surface area contributed by atoms with Crippen molar-refractivity contribution in [3.63, 3.8) is 0 Å². The van der Waals surface area contributed by atoms with Crippen LogP contribution in [0.2, 0.25) is 0 Å². The van der Waals surface area contributed by atoms with Gasteiger partial charge in [0.15, 0.2) is 0 Å². The number of carboxylic acids is 1. The van der Waals surface area contributed by atoms with E-state index in [1.165, 1.54) is 0 Å². The number of nitrogens with zero attached hydrogens (tertiary/aromatic N) is 3. The van der Waals surface area contributed by atoms with E-state index in [9.17, 15) is 14.7 Å². The first kappa shape index (κ1) is 16.1. The maximum atomic E-state index is 12.6. The van der Waals surface area contributed by atoms with Crippen LogP contribution in [0.3, 0.4) is 0 Å². The first-order valence-corrected chi connectivity index (χ1v) is 8.07. The molecule has 2 aliphatic rings. The van der Waals surface area contributed by atoms with E-state index in [0.717, 1.165) is 32.4 Å². The largest absolute Gasteiger partial charge is 0.480 e. The molecular formula is C15H27N3O3. The summed E-state index contributed by atoms with van der Waals surface area (Å²) in [5, 5.41) is 9.28. The lowest BCUT2D eigenvalue weighted by Gasteiger charge is -2.42. The van der Waals surface area contributed by atoms with E-state index in [1.54, 1.807) is 4.90 Å². The highest BCUT2D eigenvalue weighted by Gasteiger charge is 2.35. The number of amides is 2. The molecule has 1 N–H and O–H groups in total. The molecule has 2 atom stereocenters. The highest BCUT2D eigenvalue weighted by molar-refractivity contribution is 5.83. The van der Waals surface area contributed by atoms with Crippen LogP contribution < -0.4 is 0 Å². The van der Waals surface area contributed by atoms with E-state index < -0.39 is 12.0 Å². The number of hydrogen-bond donors (Lipinski definition) is 1. The van der Waals surface area contributed by atoms with Crippen molar-refractivity contribution in [2.24, 2.45) is 0 Å². The second kappa shape index (κ2) is 7.11. The van der Waals surface area contributed by atoms with Gasteiger partial charge in [0, 0.05) is 38.8 Å². The van der Waals surface area contributed by atoms with E-state index >= 15 is 0 Å². The number of urea groups is 1. The number of rotatable bonds is 3. The lowest BCUT2D eigenvalue weighted by atomic mass is 10.0. The van der Waals surface area contributed by atoms with Gasteiger partial charge in [0.2, 0.25) is 0 Å². The average Bonchev–Trinajstić information content (AvgIpc) is 2.53. The van der Waals surface area contributed by atoms with Gasteiger partial charge < -0.3 is 14.9 Å². The van der Waals surface area contributed by atoms with Crippen molar-refractivity contribution in [3.05, 3.63) is 0 Å². The van der Waals surface area contributed by atoms with Gasteiger partial charge in [-0.05, 0) is 32.6 Å². The van der Waals surface area contributed by atoms with Gasteiger partial charge in [-0.1, -0.05) is 6.92 Å². The third kappa shape index (κ3) is 3.67. The monoisotopic (exact) mass is 297 g/mol. The summed E-state index contributed by atoms with van der Waals surface area (Å²) in [5.41, 5.74) is 0. The molecule has 0 aromatic rings. The molecule has 0 aromatic carbocycles. The summed E-state index contributed by atoms with van der Waals surface area (Å²) in [6.07, 6.45) is 3.49. The molecule has 2 saturated heterocycles. The number of aliphatic carboxylic acids is 1. The molecule has 0 aliphatic carbocycles. The summed E-state index contributed by atoms with van der Waals surface area (Å²) in [6.45, 7) is 8.12. The molecule has 6 heteroatoms. The van der Waals surface area contributed by atoms with Crippen LogP contribution in [0.1, 0.15) is 39.5 Å². The maximum Gasteiger partial charge on any atom is 0.326 e. The van der Waals surface area contributed by atoms with E-state index in [4.69, 9.17) is 0 Å². The third-order valence-corrected chi connectivity index (χ3v) is 4.83. The Labute approximate surface area is 126 Å². The predicted octanol–water partition coefficient (Wildman–Crippen LogP) is 1.46. The van der Waals surface area contributed by atoms with Crippen LogP contribution in [0.25, 0.3) is 0 Å². The number of carbonyl (C=O) groups excluding carboxylic acids is 1. The predicted molar refractivity (Wildman–Crippen MR) is 80.3 cm³/mol. The number of piperazine rings is 1. The van der Waals surface area contributed by atoms with Gasteiger partial charge in [-0.3, -0.25) is 4.90 Å². The highest BCUT2D eigenvalue weighted by atomic mass is 16.4. The Bertz CT molecular complexity index is 380. The van der Waals surface area contributed by atoms with Crippen LogP contribution in [-0.4, -0.2) is 76.6 Å². The minimum atomic E-state index is -0.874. The number of carboxylic acid groups (broad SMARTS) is 1. The van der Waals surface area contributed by atoms with E-state index in [2.05, 4.69) is 18.7 Å². The van der Waals surface area contributed by atoms with E-state index in [-0.39, 0.29) is 6.03 Å². The summed E-state index contributed by atoms with van der Waals surface area (Å²) in [5.74, 6) is -0.874. The summed E-state index contributed by atoms with van der Waals surface area (Å²) in [7, 11) is 0. The Morgan fingerprint density at radius 2 is 1.81 bits per heavy atom. The van der Waals surface area contributed by atoms with Crippen LogP contribution in [0, 0.1) is 0 Å². The zero-order valence-corrected chi connectivity index (χ0v) is 13.1.